The Kier molecular flexibility index (Phi) is 5.16. The normalized spacial score (nSPS) is 12.8. The minimum absolute atomic E-state index is 0.104. The number of carbonyl (C=O) groups is 2. The van der Waals surface area contributed by atoms with Gasteiger partial charge >= 0.3 is 0 Å². The zero-order valence-electron chi connectivity index (χ0n) is 15.0. The molecule has 3 aromatic rings. The van der Waals surface area contributed by atoms with E-state index < -0.39 is 0 Å². The molecule has 0 spiro atoms. The topological polar surface area (TPSA) is 81.9 Å². The summed E-state index contributed by atoms with van der Waals surface area (Å²) in [5, 5.41) is 3.40. The van der Waals surface area contributed by atoms with Gasteiger partial charge in [-0.05, 0) is 30.3 Å². The van der Waals surface area contributed by atoms with E-state index >= 15 is 0 Å². The van der Waals surface area contributed by atoms with Crippen LogP contribution in [0.25, 0.3) is 5.65 Å². The molecule has 1 N–H and O–H groups in total. The minimum Gasteiger partial charge on any atom is -0.486 e. The molecule has 2 aromatic heterocycles. The Morgan fingerprint density at radius 1 is 1.07 bits per heavy atom. The molecule has 8 heteroatoms. The summed E-state index contributed by atoms with van der Waals surface area (Å²) in [5.74, 6) is 0.873. The van der Waals surface area contributed by atoms with Crippen LogP contribution < -0.4 is 14.8 Å². The van der Waals surface area contributed by atoms with Crippen LogP contribution in [0, 0.1) is 0 Å². The average molecular weight is 400 g/mol. The second-order valence-electron chi connectivity index (χ2n) is 6.40. The second-order valence-corrected chi connectivity index (χ2v) is 6.84. The predicted molar refractivity (Wildman–Crippen MR) is 103 cm³/mol. The molecular weight excluding hydrogens is 382 g/mol. The molecule has 1 aliphatic rings. The Labute approximate surface area is 166 Å². The Morgan fingerprint density at radius 2 is 1.89 bits per heavy atom. The highest BCUT2D eigenvalue weighted by Gasteiger charge is 2.16. The van der Waals surface area contributed by atoms with Crippen molar-refractivity contribution in [3.63, 3.8) is 0 Å². The molecule has 0 fully saturated rings. The molecule has 1 aliphatic heterocycles. The molecular formula is C20H18ClN3O4. The number of hydrogen-bond acceptors (Lipinski definition) is 5. The van der Waals surface area contributed by atoms with Gasteiger partial charge in [0.1, 0.15) is 18.9 Å². The van der Waals surface area contributed by atoms with Crippen molar-refractivity contribution < 1.29 is 19.1 Å². The van der Waals surface area contributed by atoms with E-state index in [4.69, 9.17) is 21.1 Å². The summed E-state index contributed by atoms with van der Waals surface area (Å²) in [6.07, 6.45) is 3.78. The largest absolute Gasteiger partial charge is 0.486 e. The van der Waals surface area contributed by atoms with E-state index in [1.165, 1.54) is 0 Å². The maximum atomic E-state index is 12.4. The third-order valence-corrected chi connectivity index (χ3v) is 4.60. The number of ether oxygens (including phenoxy) is 2. The number of ketones is 1. The maximum Gasteiger partial charge on any atom is 0.220 e. The molecule has 1 aromatic carbocycles. The number of carbonyl (C=O) groups excluding carboxylic acids is 2. The van der Waals surface area contributed by atoms with Crippen molar-refractivity contribution >= 4 is 28.9 Å². The van der Waals surface area contributed by atoms with Crippen molar-refractivity contribution in [1.82, 2.24) is 14.7 Å². The van der Waals surface area contributed by atoms with Crippen molar-refractivity contribution in [2.75, 3.05) is 13.2 Å². The SMILES string of the molecule is O=C(CCC(=O)c1ccc2c(c1)OCCO2)NCc1cn2cc(Cl)ccc2n1. The molecule has 0 aliphatic carbocycles. The number of rotatable bonds is 6. The van der Waals surface area contributed by atoms with Crippen molar-refractivity contribution in [2.24, 2.45) is 0 Å². The summed E-state index contributed by atoms with van der Waals surface area (Å²) in [7, 11) is 0. The zero-order valence-corrected chi connectivity index (χ0v) is 15.7. The van der Waals surface area contributed by atoms with E-state index in [2.05, 4.69) is 10.3 Å². The van der Waals surface area contributed by atoms with Crippen LogP contribution in [-0.4, -0.2) is 34.3 Å². The van der Waals surface area contributed by atoms with Crippen LogP contribution in [0.2, 0.25) is 5.02 Å². The third-order valence-electron chi connectivity index (χ3n) is 4.37. The van der Waals surface area contributed by atoms with Crippen molar-refractivity contribution in [2.45, 2.75) is 19.4 Å². The van der Waals surface area contributed by atoms with Gasteiger partial charge in [-0.3, -0.25) is 9.59 Å². The van der Waals surface area contributed by atoms with Crippen LogP contribution in [0.1, 0.15) is 28.9 Å². The van der Waals surface area contributed by atoms with Gasteiger partial charge in [0.2, 0.25) is 5.91 Å². The van der Waals surface area contributed by atoms with Crippen LogP contribution in [-0.2, 0) is 11.3 Å². The molecule has 3 heterocycles. The molecule has 1 amide bonds. The third kappa shape index (κ3) is 4.09. The quantitative estimate of drug-likeness (QED) is 0.644. The Morgan fingerprint density at radius 3 is 2.75 bits per heavy atom. The van der Waals surface area contributed by atoms with Gasteiger partial charge < -0.3 is 19.2 Å². The lowest BCUT2D eigenvalue weighted by Crippen LogP contribution is -2.23. The second kappa shape index (κ2) is 7.90. The first-order valence-corrected chi connectivity index (χ1v) is 9.29. The first kappa shape index (κ1) is 18.3. The number of imidazole rings is 1. The fourth-order valence-corrected chi connectivity index (χ4v) is 3.14. The monoisotopic (exact) mass is 399 g/mol. The summed E-state index contributed by atoms with van der Waals surface area (Å²) in [6.45, 7) is 1.25. The summed E-state index contributed by atoms with van der Waals surface area (Å²) in [4.78, 5) is 28.9. The van der Waals surface area contributed by atoms with E-state index in [1.54, 1.807) is 40.9 Å². The Bertz CT molecular complexity index is 1050. The van der Waals surface area contributed by atoms with E-state index in [-0.39, 0.29) is 31.1 Å². The maximum absolute atomic E-state index is 12.4. The fraction of sp³-hybridized carbons (Fsp3) is 0.250. The number of pyridine rings is 1. The smallest absolute Gasteiger partial charge is 0.220 e. The predicted octanol–water partition coefficient (Wildman–Crippen LogP) is 3.04. The van der Waals surface area contributed by atoms with Crippen molar-refractivity contribution in [3.05, 3.63) is 59.0 Å². The van der Waals surface area contributed by atoms with Gasteiger partial charge in [0, 0.05) is 30.8 Å². The zero-order chi connectivity index (χ0) is 19.5. The lowest BCUT2D eigenvalue weighted by molar-refractivity contribution is -0.121. The molecule has 0 saturated carbocycles. The molecule has 7 nitrogen and oxygen atoms in total. The van der Waals surface area contributed by atoms with E-state index in [9.17, 15) is 9.59 Å². The molecule has 0 radical (unpaired) electrons. The highest BCUT2D eigenvalue weighted by molar-refractivity contribution is 6.30. The highest BCUT2D eigenvalue weighted by Crippen LogP contribution is 2.31. The van der Waals surface area contributed by atoms with Gasteiger partial charge in [0.25, 0.3) is 0 Å². The number of fused-ring (bicyclic) bond motifs is 2. The van der Waals surface area contributed by atoms with E-state index in [1.807, 2.05) is 6.20 Å². The minimum atomic E-state index is -0.207. The highest BCUT2D eigenvalue weighted by atomic mass is 35.5. The molecule has 4 rings (SSSR count). The number of nitrogens with one attached hydrogen (secondary N) is 1. The van der Waals surface area contributed by atoms with E-state index in [0.717, 1.165) is 5.65 Å². The summed E-state index contributed by atoms with van der Waals surface area (Å²) in [5.41, 5.74) is 1.98. The summed E-state index contributed by atoms with van der Waals surface area (Å²) in [6, 6.07) is 8.64. The number of Topliss-reactive ketones (excluding diaryl/α,β-unsaturated/α-hetero) is 1. The van der Waals surface area contributed by atoms with Crippen molar-refractivity contribution in [1.29, 1.82) is 0 Å². The van der Waals surface area contributed by atoms with Crippen molar-refractivity contribution in [3.8, 4) is 11.5 Å². The fourth-order valence-electron chi connectivity index (χ4n) is 2.97. The average Bonchev–Trinajstić information content (AvgIpc) is 3.12. The van der Waals surface area contributed by atoms with Gasteiger partial charge in [0.15, 0.2) is 17.3 Å². The van der Waals surface area contributed by atoms with Gasteiger partial charge in [-0.1, -0.05) is 11.6 Å². The van der Waals surface area contributed by atoms with Crippen LogP contribution in [0.4, 0.5) is 0 Å². The summed E-state index contributed by atoms with van der Waals surface area (Å²) < 4.78 is 12.7. The number of halogens is 1. The van der Waals surface area contributed by atoms with Crippen LogP contribution in [0.5, 0.6) is 11.5 Å². The first-order valence-electron chi connectivity index (χ1n) is 8.91. The molecule has 28 heavy (non-hydrogen) atoms. The lowest BCUT2D eigenvalue weighted by Gasteiger charge is -2.18. The van der Waals surface area contributed by atoms with Crippen LogP contribution in [0.15, 0.2) is 42.7 Å². The van der Waals surface area contributed by atoms with Gasteiger partial charge in [-0.15, -0.1) is 0 Å². The van der Waals surface area contributed by atoms with Gasteiger partial charge in [-0.25, -0.2) is 4.98 Å². The summed E-state index contributed by atoms with van der Waals surface area (Å²) >= 11 is 5.95. The molecule has 0 atom stereocenters. The number of amides is 1. The standard InChI is InChI=1S/C20H18ClN3O4/c21-14-2-5-19-23-15(12-24(19)11-14)10-22-20(26)6-3-16(25)13-1-4-17-18(9-13)28-8-7-27-17/h1-2,4-5,9,11-12H,3,6-8,10H2,(H,22,26). The number of hydrogen-bond donors (Lipinski definition) is 1. The number of aromatic nitrogens is 2. The molecule has 0 unspecified atom stereocenters. The first-order chi connectivity index (χ1) is 13.6. The number of nitrogens with zero attached hydrogens (tertiary/aromatic N) is 2. The Hall–Kier alpha value is -3.06. The lowest BCUT2D eigenvalue weighted by atomic mass is 10.1. The van der Waals surface area contributed by atoms with E-state index in [0.29, 0.717) is 41.0 Å². The molecule has 0 saturated heterocycles. The van der Waals surface area contributed by atoms with Gasteiger partial charge in [0.05, 0.1) is 17.3 Å². The van der Waals surface area contributed by atoms with Crippen LogP contribution in [0.3, 0.4) is 0 Å². The molecule has 0 bridgehead atoms. The van der Waals surface area contributed by atoms with Gasteiger partial charge in [-0.2, -0.15) is 0 Å². The van der Waals surface area contributed by atoms with Crippen LogP contribution >= 0.6 is 11.6 Å². The number of benzene rings is 1. The molecule has 144 valence electrons. The Balaban J connectivity index is 1.29.